The highest BCUT2D eigenvalue weighted by Gasteiger charge is 2.04. The minimum absolute atomic E-state index is 0.0671. The lowest BCUT2D eigenvalue weighted by Crippen LogP contribution is -2.23. The number of non-ortho nitro benzene ring substituents is 1. The lowest BCUT2D eigenvalue weighted by molar-refractivity contribution is -0.384. The number of carboxylic acids is 1. The van der Waals surface area contributed by atoms with Crippen LogP contribution in [0, 0.1) is 10.1 Å². The Morgan fingerprint density at radius 2 is 2.19 bits per heavy atom. The highest BCUT2D eigenvalue weighted by atomic mass is 16.6. The fourth-order valence-electron chi connectivity index (χ4n) is 1.23. The maximum atomic E-state index is 10.6. The van der Waals surface area contributed by atoms with Gasteiger partial charge < -0.3 is 9.90 Å². The van der Waals surface area contributed by atoms with E-state index in [4.69, 9.17) is 0 Å². The molecule has 1 aromatic rings. The summed E-state index contributed by atoms with van der Waals surface area (Å²) in [5, 5.41) is 21.1. The molecule has 0 aliphatic rings. The Labute approximate surface area is 92.2 Å². The summed E-state index contributed by atoms with van der Waals surface area (Å²) in [4.78, 5) is 20.6. The Balaban J connectivity index is 3.09. The molecule has 5 nitrogen and oxygen atoms in total. The Bertz CT molecular complexity index is 451. The summed E-state index contributed by atoms with van der Waals surface area (Å²) in [6.07, 6.45) is 1.69. The summed E-state index contributed by atoms with van der Waals surface area (Å²) in [5.41, 5.74) is 0.526. The molecule has 0 radical (unpaired) electrons. The predicted octanol–water partition coefficient (Wildman–Crippen LogP) is 1.14. The van der Waals surface area contributed by atoms with E-state index in [1.165, 1.54) is 24.3 Å². The number of nitrogens with zero attached hydrogens (tertiary/aromatic N) is 1. The molecule has 1 aromatic carbocycles. The van der Waals surface area contributed by atoms with Crippen molar-refractivity contribution >= 4 is 17.7 Å². The molecular formula is C11H10NO4-. The monoisotopic (exact) mass is 220 g/mol. The van der Waals surface area contributed by atoms with Gasteiger partial charge >= 0.3 is 0 Å². The van der Waals surface area contributed by atoms with Crippen LogP contribution in [0.15, 0.2) is 29.8 Å². The number of carbonyl (C=O) groups excluding carboxylic acids is 1. The zero-order valence-electron chi connectivity index (χ0n) is 8.67. The number of aliphatic carboxylic acids is 1. The Morgan fingerprint density at radius 1 is 1.50 bits per heavy atom. The van der Waals surface area contributed by atoms with Gasteiger partial charge in [-0.15, -0.1) is 0 Å². The van der Waals surface area contributed by atoms with Crippen LogP contribution in [-0.4, -0.2) is 10.9 Å². The fraction of sp³-hybridized carbons (Fsp3) is 0.182. The van der Waals surface area contributed by atoms with Crippen LogP contribution in [0.5, 0.6) is 0 Å². The summed E-state index contributed by atoms with van der Waals surface area (Å²) >= 11 is 0. The van der Waals surface area contributed by atoms with E-state index in [1.54, 1.807) is 13.0 Å². The lowest BCUT2D eigenvalue weighted by atomic mass is 10.1. The van der Waals surface area contributed by atoms with Gasteiger partial charge in [-0.2, -0.15) is 0 Å². The van der Waals surface area contributed by atoms with Crippen LogP contribution in [0.2, 0.25) is 0 Å². The van der Waals surface area contributed by atoms with Crippen molar-refractivity contribution in [2.75, 3.05) is 0 Å². The van der Waals surface area contributed by atoms with Crippen LogP contribution >= 0.6 is 0 Å². The largest absolute Gasteiger partial charge is 0.545 e. The van der Waals surface area contributed by atoms with E-state index >= 15 is 0 Å². The van der Waals surface area contributed by atoms with E-state index in [0.717, 1.165) is 0 Å². The van der Waals surface area contributed by atoms with Crippen molar-refractivity contribution in [2.24, 2.45) is 0 Å². The van der Waals surface area contributed by atoms with E-state index < -0.39 is 10.9 Å². The number of rotatable bonds is 4. The zero-order valence-corrected chi connectivity index (χ0v) is 8.67. The van der Waals surface area contributed by atoms with Crippen LogP contribution in [0.3, 0.4) is 0 Å². The summed E-state index contributed by atoms with van der Waals surface area (Å²) in [6.45, 7) is 1.68. The third-order valence-corrected chi connectivity index (χ3v) is 2.07. The second-order valence-electron chi connectivity index (χ2n) is 3.16. The van der Waals surface area contributed by atoms with Crippen LogP contribution < -0.4 is 5.11 Å². The zero-order chi connectivity index (χ0) is 12.1. The second kappa shape index (κ2) is 5.06. The smallest absolute Gasteiger partial charge is 0.270 e. The molecule has 16 heavy (non-hydrogen) atoms. The standard InChI is InChI=1S/C11H11NO4/c1-2-9(11(13)14)6-8-4-3-5-10(7-8)12(15)16/h3-7H,2H2,1H3,(H,13,14)/p-1/b9-6+. The number of benzene rings is 1. The van der Waals surface area contributed by atoms with Gasteiger partial charge in [0.2, 0.25) is 0 Å². The molecule has 0 saturated carbocycles. The summed E-state index contributed by atoms with van der Waals surface area (Å²) in [5.74, 6) is -1.26. The quantitative estimate of drug-likeness (QED) is 0.432. The minimum Gasteiger partial charge on any atom is -0.545 e. The maximum absolute atomic E-state index is 10.6. The topological polar surface area (TPSA) is 83.3 Å². The Kier molecular flexibility index (Phi) is 3.77. The number of carboxylic acid groups (broad SMARTS) is 1. The first-order chi connectivity index (χ1) is 7.54. The number of carbonyl (C=O) groups is 1. The van der Waals surface area contributed by atoms with Gasteiger partial charge in [0.05, 0.1) is 10.9 Å². The van der Waals surface area contributed by atoms with Gasteiger partial charge in [0.1, 0.15) is 0 Å². The summed E-state index contributed by atoms with van der Waals surface area (Å²) in [7, 11) is 0. The molecule has 0 bridgehead atoms. The number of nitro groups is 1. The summed E-state index contributed by atoms with van der Waals surface area (Å²) < 4.78 is 0. The molecule has 0 aliphatic carbocycles. The van der Waals surface area contributed by atoms with Crippen molar-refractivity contribution in [1.82, 2.24) is 0 Å². The molecule has 0 saturated heterocycles. The molecule has 0 spiro atoms. The second-order valence-corrected chi connectivity index (χ2v) is 3.16. The molecule has 0 unspecified atom stereocenters. The Hall–Kier alpha value is -2.17. The highest BCUT2D eigenvalue weighted by molar-refractivity contribution is 5.90. The van der Waals surface area contributed by atoms with Gasteiger partial charge in [-0.1, -0.05) is 19.1 Å². The number of nitro benzene ring substituents is 1. The molecule has 0 aromatic heterocycles. The first-order valence-electron chi connectivity index (χ1n) is 4.71. The van der Waals surface area contributed by atoms with Gasteiger partial charge in [-0.25, -0.2) is 0 Å². The van der Waals surface area contributed by atoms with Crippen molar-refractivity contribution in [2.45, 2.75) is 13.3 Å². The number of hydrogen-bond donors (Lipinski definition) is 0. The molecule has 0 N–H and O–H groups in total. The van der Waals surface area contributed by atoms with Crippen molar-refractivity contribution in [1.29, 1.82) is 0 Å². The van der Waals surface area contributed by atoms with E-state index in [9.17, 15) is 20.0 Å². The van der Waals surface area contributed by atoms with Crippen LogP contribution in [0.4, 0.5) is 5.69 Å². The van der Waals surface area contributed by atoms with Crippen molar-refractivity contribution in [3.05, 3.63) is 45.5 Å². The van der Waals surface area contributed by atoms with Crippen LogP contribution in [0.1, 0.15) is 18.9 Å². The van der Waals surface area contributed by atoms with E-state index in [2.05, 4.69) is 0 Å². The minimum atomic E-state index is -1.26. The molecular weight excluding hydrogens is 210 g/mol. The number of hydrogen-bond acceptors (Lipinski definition) is 4. The van der Waals surface area contributed by atoms with Gasteiger partial charge in [-0.05, 0) is 23.6 Å². The molecule has 5 heteroatoms. The first-order valence-corrected chi connectivity index (χ1v) is 4.71. The van der Waals surface area contributed by atoms with Crippen LogP contribution in [-0.2, 0) is 4.79 Å². The van der Waals surface area contributed by atoms with E-state index in [-0.39, 0.29) is 11.3 Å². The normalized spacial score (nSPS) is 11.2. The molecule has 0 aliphatic heterocycles. The highest BCUT2D eigenvalue weighted by Crippen LogP contribution is 2.16. The first kappa shape index (κ1) is 11.9. The molecule has 84 valence electrons. The molecule has 1 rings (SSSR count). The van der Waals surface area contributed by atoms with Crippen molar-refractivity contribution < 1.29 is 14.8 Å². The molecule has 0 heterocycles. The van der Waals surface area contributed by atoms with Gasteiger partial charge in [0.25, 0.3) is 5.69 Å². The molecule has 0 amide bonds. The third kappa shape index (κ3) is 2.91. The van der Waals surface area contributed by atoms with E-state index in [1.807, 2.05) is 0 Å². The maximum Gasteiger partial charge on any atom is 0.270 e. The molecule has 0 atom stereocenters. The summed E-state index contributed by atoms with van der Waals surface area (Å²) in [6, 6.07) is 5.78. The fourth-order valence-corrected chi connectivity index (χ4v) is 1.23. The van der Waals surface area contributed by atoms with Crippen molar-refractivity contribution in [3.8, 4) is 0 Å². The lowest BCUT2D eigenvalue weighted by Gasteiger charge is -2.05. The van der Waals surface area contributed by atoms with Crippen molar-refractivity contribution in [3.63, 3.8) is 0 Å². The molecule has 0 fully saturated rings. The average Bonchev–Trinajstić information content (AvgIpc) is 2.25. The Morgan fingerprint density at radius 3 is 2.69 bits per heavy atom. The van der Waals surface area contributed by atoms with Gasteiger partial charge in [0, 0.05) is 12.1 Å². The van der Waals surface area contributed by atoms with Gasteiger partial charge in [0.15, 0.2) is 0 Å². The van der Waals surface area contributed by atoms with Crippen LogP contribution in [0.25, 0.3) is 6.08 Å². The average molecular weight is 220 g/mol. The van der Waals surface area contributed by atoms with E-state index in [0.29, 0.717) is 12.0 Å². The predicted molar refractivity (Wildman–Crippen MR) is 56.4 cm³/mol. The SMILES string of the molecule is CC/C(=C\c1cccc([N+](=O)[O-])c1)C(=O)[O-]. The third-order valence-electron chi connectivity index (χ3n) is 2.07. The van der Waals surface area contributed by atoms with Gasteiger partial charge in [-0.3, -0.25) is 10.1 Å².